The summed E-state index contributed by atoms with van der Waals surface area (Å²) in [5.41, 5.74) is 0.679. The van der Waals surface area contributed by atoms with Gasteiger partial charge in [-0.1, -0.05) is 0 Å². The number of carbonyl (C=O) groups is 2. The minimum absolute atomic E-state index is 0.292. The molecule has 0 fully saturated rings. The number of hydrogen-bond acceptors (Lipinski definition) is 6. The van der Waals surface area contributed by atoms with Gasteiger partial charge >= 0.3 is 5.97 Å². The lowest BCUT2D eigenvalue weighted by molar-refractivity contribution is -0.106. The van der Waals surface area contributed by atoms with Crippen LogP contribution in [-0.2, 0) is 17.8 Å². The number of nitrogens with one attached hydrogen (secondary N) is 1. The van der Waals surface area contributed by atoms with E-state index in [9.17, 15) is 9.59 Å². The molecule has 0 bridgehead atoms. The maximum absolute atomic E-state index is 12.0. The van der Waals surface area contributed by atoms with Crippen LogP contribution in [0.1, 0.15) is 28.0 Å². The van der Waals surface area contributed by atoms with Crippen LogP contribution in [0.4, 0.5) is 0 Å². The molecule has 0 amide bonds. The van der Waals surface area contributed by atoms with Crippen molar-refractivity contribution in [2.45, 2.75) is 19.9 Å². The van der Waals surface area contributed by atoms with Gasteiger partial charge in [0, 0.05) is 18.0 Å². The third-order valence-electron chi connectivity index (χ3n) is 3.10. The molecule has 0 atom stereocenters. The number of H-pyrrole nitrogens is 1. The van der Waals surface area contributed by atoms with E-state index < -0.39 is 5.97 Å². The fraction of sp³-hybridized carbons (Fsp3) is 0.385. The largest absolute Gasteiger partial charge is 0.475 e. The van der Waals surface area contributed by atoms with Crippen LogP contribution in [0.3, 0.4) is 0 Å². The molecule has 0 unspecified atom stereocenters. The summed E-state index contributed by atoms with van der Waals surface area (Å²) in [6.45, 7) is 3.14. The van der Waals surface area contributed by atoms with Crippen LogP contribution >= 0.6 is 11.3 Å². The van der Waals surface area contributed by atoms with Crippen molar-refractivity contribution in [2.75, 3.05) is 13.6 Å². The maximum Gasteiger partial charge on any atom is 0.372 e. The van der Waals surface area contributed by atoms with Gasteiger partial charge in [-0.15, -0.1) is 11.3 Å². The molecule has 21 heavy (non-hydrogen) atoms. The summed E-state index contributed by atoms with van der Waals surface area (Å²) in [7, 11) is 2.02. The Morgan fingerprint density at radius 3 is 2.81 bits per heavy atom. The van der Waals surface area contributed by atoms with Gasteiger partial charge in [-0.3, -0.25) is 4.79 Å². The van der Waals surface area contributed by atoms with Crippen LogP contribution in [-0.4, -0.2) is 45.8 Å². The normalized spacial score (nSPS) is 14.2. The van der Waals surface area contributed by atoms with Crippen LogP contribution in [0.25, 0.3) is 10.2 Å². The van der Waals surface area contributed by atoms with Crippen molar-refractivity contribution in [3.63, 3.8) is 0 Å². The van der Waals surface area contributed by atoms with Gasteiger partial charge in [0.1, 0.15) is 11.1 Å². The van der Waals surface area contributed by atoms with Gasteiger partial charge in [0.2, 0.25) is 5.82 Å². The molecule has 0 spiro atoms. The van der Waals surface area contributed by atoms with Crippen molar-refractivity contribution < 1.29 is 14.7 Å². The van der Waals surface area contributed by atoms with Gasteiger partial charge in [-0.2, -0.15) is 0 Å². The van der Waals surface area contributed by atoms with Gasteiger partial charge in [-0.05, 0) is 26.0 Å². The highest BCUT2D eigenvalue weighted by Crippen LogP contribution is 2.31. The van der Waals surface area contributed by atoms with Crippen LogP contribution in [0.2, 0.25) is 0 Å². The monoisotopic (exact) mass is 309 g/mol. The van der Waals surface area contributed by atoms with E-state index in [0.717, 1.165) is 36.2 Å². The number of carboxylic acid groups (broad SMARTS) is 1. The first kappa shape index (κ1) is 15.3. The van der Waals surface area contributed by atoms with Gasteiger partial charge < -0.3 is 19.8 Å². The number of aromatic nitrogens is 2. The third-order valence-corrected chi connectivity index (χ3v) is 4.21. The number of carbonyl (C=O) groups excluding carboxylic acids is 1. The molecule has 112 valence electrons. The number of nitrogens with zero attached hydrogens (tertiary/aromatic N) is 2. The first-order chi connectivity index (χ1) is 9.97. The Morgan fingerprint density at radius 1 is 1.52 bits per heavy atom. The third kappa shape index (κ3) is 3.01. The predicted molar refractivity (Wildman–Crippen MR) is 79.0 cm³/mol. The Balaban J connectivity index is 0.000000497. The summed E-state index contributed by atoms with van der Waals surface area (Å²) in [6, 6.07) is 0. The van der Waals surface area contributed by atoms with Gasteiger partial charge in [0.15, 0.2) is 0 Å². The number of fused-ring (bicyclic) bond motifs is 3. The van der Waals surface area contributed by atoms with Gasteiger partial charge in [-0.25, -0.2) is 9.78 Å². The minimum Gasteiger partial charge on any atom is -0.475 e. The van der Waals surface area contributed by atoms with E-state index in [0.29, 0.717) is 10.2 Å². The maximum atomic E-state index is 12.0. The lowest BCUT2D eigenvalue weighted by Crippen LogP contribution is -2.26. The van der Waals surface area contributed by atoms with E-state index in [1.807, 2.05) is 7.05 Å². The standard InChI is InChI=1S/C11H11N3O3S.C2H4O/c1-14-3-2-5-6(4-14)18-10-7(5)9(15)12-8(13-10)11(16)17;1-2-3/h2-4H2,1H3,(H,16,17)(H,12,13,15);2H,1H3. The summed E-state index contributed by atoms with van der Waals surface area (Å²) >= 11 is 1.41. The topological polar surface area (TPSA) is 103 Å². The van der Waals surface area contributed by atoms with Crippen molar-refractivity contribution in [3.8, 4) is 0 Å². The Morgan fingerprint density at radius 2 is 2.19 bits per heavy atom. The lowest BCUT2D eigenvalue weighted by atomic mass is 10.1. The first-order valence-corrected chi connectivity index (χ1v) is 7.15. The van der Waals surface area contributed by atoms with Crippen LogP contribution in [0.5, 0.6) is 0 Å². The molecule has 7 nitrogen and oxygen atoms in total. The second-order valence-electron chi connectivity index (χ2n) is 4.63. The number of hydrogen-bond donors (Lipinski definition) is 2. The fourth-order valence-electron chi connectivity index (χ4n) is 2.23. The molecule has 8 heteroatoms. The number of carboxylic acids is 1. The van der Waals surface area contributed by atoms with Crippen molar-refractivity contribution >= 4 is 33.8 Å². The molecule has 0 saturated heterocycles. The molecule has 1 aliphatic rings. The van der Waals surface area contributed by atoms with E-state index >= 15 is 0 Å². The highest BCUT2D eigenvalue weighted by Gasteiger charge is 2.22. The Labute approximate surface area is 124 Å². The number of likely N-dealkylation sites (N-methyl/N-ethyl adjacent to an activating group) is 1. The quantitative estimate of drug-likeness (QED) is 0.758. The zero-order chi connectivity index (χ0) is 15.6. The Hall–Kier alpha value is -2.06. The summed E-state index contributed by atoms with van der Waals surface area (Å²) in [5, 5.41) is 9.44. The highest BCUT2D eigenvalue weighted by atomic mass is 32.1. The molecule has 0 aromatic carbocycles. The van der Waals surface area contributed by atoms with Crippen molar-refractivity contribution in [2.24, 2.45) is 0 Å². The SMILES string of the molecule is CC=O.CN1CCc2c(sc3nc(C(=O)O)[nH]c(=O)c23)C1. The molecule has 3 rings (SSSR count). The van der Waals surface area contributed by atoms with E-state index in [2.05, 4.69) is 14.9 Å². The van der Waals surface area contributed by atoms with Crippen LogP contribution < -0.4 is 5.56 Å². The average molecular weight is 309 g/mol. The molecule has 0 aliphatic carbocycles. The van der Waals surface area contributed by atoms with Crippen molar-refractivity contribution in [3.05, 3.63) is 26.6 Å². The van der Waals surface area contributed by atoms with E-state index in [4.69, 9.17) is 9.90 Å². The summed E-state index contributed by atoms with van der Waals surface area (Å²) < 4.78 is 0. The molecule has 1 aliphatic heterocycles. The van der Waals surface area contributed by atoms with Gasteiger partial charge in [0.05, 0.1) is 5.39 Å². The molecule has 0 radical (unpaired) electrons. The van der Waals surface area contributed by atoms with E-state index in [1.165, 1.54) is 18.3 Å². The molecular formula is C13H15N3O4S. The predicted octanol–water partition coefficient (Wildman–Crippen LogP) is 0.876. The summed E-state index contributed by atoms with van der Waals surface area (Å²) in [4.78, 5) is 41.8. The van der Waals surface area contributed by atoms with Crippen LogP contribution in [0, 0.1) is 0 Å². The highest BCUT2D eigenvalue weighted by molar-refractivity contribution is 7.18. The van der Waals surface area contributed by atoms with Crippen molar-refractivity contribution in [1.82, 2.24) is 14.9 Å². The van der Waals surface area contributed by atoms with E-state index in [1.54, 1.807) is 0 Å². The molecule has 0 saturated carbocycles. The second kappa shape index (κ2) is 6.15. The Bertz CT molecular complexity index is 750. The van der Waals surface area contributed by atoms with Crippen molar-refractivity contribution in [1.29, 1.82) is 0 Å². The summed E-state index contributed by atoms with van der Waals surface area (Å²) in [6.07, 6.45) is 1.56. The smallest absolute Gasteiger partial charge is 0.372 e. The second-order valence-corrected chi connectivity index (χ2v) is 5.71. The zero-order valence-corrected chi connectivity index (χ0v) is 12.5. The molecule has 2 aromatic rings. The van der Waals surface area contributed by atoms with Gasteiger partial charge in [0.25, 0.3) is 5.56 Å². The molecular weight excluding hydrogens is 294 g/mol. The number of aromatic amines is 1. The Kier molecular flexibility index (Phi) is 4.49. The zero-order valence-electron chi connectivity index (χ0n) is 11.7. The van der Waals surface area contributed by atoms with E-state index in [-0.39, 0.29) is 11.4 Å². The first-order valence-electron chi connectivity index (χ1n) is 6.34. The lowest BCUT2D eigenvalue weighted by Gasteiger charge is -2.21. The molecule has 2 N–H and O–H groups in total. The number of aromatic carboxylic acids is 1. The molecule has 3 heterocycles. The minimum atomic E-state index is -1.21. The van der Waals surface area contributed by atoms with Crippen LogP contribution in [0.15, 0.2) is 4.79 Å². The average Bonchev–Trinajstić information content (AvgIpc) is 2.76. The number of thiophene rings is 1. The summed E-state index contributed by atoms with van der Waals surface area (Å²) in [5.74, 6) is -1.50. The fourth-order valence-corrected chi connectivity index (χ4v) is 3.53. The molecule has 2 aromatic heterocycles. The number of aldehydes is 1. The number of rotatable bonds is 1.